The summed E-state index contributed by atoms with van der Waals surface area (Å²) in [6, 6.07) is 0. The first-order valence-electron chi connectivity index (χ1n) is 10.5. The van der Waals surface area contributed by atoms with Crippen molar-refractivity contribution in [3.8, 4) is 0 Å². The van der Waals surface area contributed by atoms with Crippen LogP contribution >= 0.6 is 0 Å². The first-order chi connectivity index (χ1) is 16.2. The van der Waals surface area contributed by atoms with Gasteiger partial charge in [-0.05, 0) is 27.7 Å². The van der Waals surface area contributed by atoms with E-state index in [1.807, 2.05) is 0 Å². The molecular weight excluding hydrogens is 492 g/mol. The van der Waals surface area contributed by atoms with Gasteiger partial charge in [-0.2, -0.15) is 13.0 Å². The molecule has 1 aromatic heterocycles. The highest BCUT2D eigenvalue weighted by Crippen LogP contribution is 2.34. The molecule has 15 heteroatoms. The van der Waals surface area contributed by atoms with Crippen LogP contribution in [0.5, 0.6) is 0 Å². The van der Waals surface area contributed by atoms with Gasteiger partial charge in [0.05, 0.1) is 12.9 Å². The fourth-order valence-corrected chi connectivity index (χ4v) is 3.92. The molecule has 1 aromatic rings. The zero-order valence-electron chi connectivity index (χ0n) is 20.7. The molecule has 0 N–H and O–H groups in total. The van der Waals surface area contributed by atoms with Crippen molar-refractivity contribution in [2.45, 2.75) is 57.8 Å². The number of nitrogens with zero attached hydrogens (tertiary/aromatic N) is 2. The zero-order chi connectivity index (χ0) is 26.6. The van der Waals surface area contributed by atoms with Crippen molar-refractivity contribution in [3.63, 3.8) is 0 Å². The number of methoxy groups -OCH3 is 2. The number of ether oxygens (including phenoxy) is 6. The number of hydrogen-bond donors (Lipinski definition) is 0. The van der Waals surface area contributed by atoms with Crippen molar-refractivity contribution in [3.05, 3.63) is 32.6 Å². The monoisotopic (exact) mass is 524 g/mol. The summed E-state index contributed by atoms with van der Waals surface area (Å²) in [4.78, 5) is 38.6. The number of aryl methyl sites for hydroxylation is 1. The highest BCUT2D eigenvalue weighted by Gasteiger charge is 2.50. The minimum atomic E-state index is -4.08. The fourth-order valence-electron chi connectivity index (χ4n) is 3.31. The van der Waals surface area contributed by atoms with Gasteiger partial charge in [-0.3, -0.25) is 13.5 Å². The van der Waals surface area contributed by atoms with E-state index in [4.69, 9.17) is 32.6 Å². The second-order valence-electron chi connectivity index (χ2n) is 8.77. The third-order valence-electron chi connectivity index (χ3n) is 4.57. The second kappa shape index (κ2) is 11.7. The summed E-state index contributed by atoms with van der Waals surface area (Å²) in [5.41, 5.74) is -3.02. The van der Waals surface area contributed by atoms with Gasteiger partial charge in [0.15, 0.2) is 12.3 Å². The first kappa shape index (κ1) is 29.1. The maximum atomic E-state index is 13.3. The topological polar surface area (TPSA) is 160 Å². The Morgan fingerprint density at radius 3 is 2.29 bits per heavy atom. The van der Waals surface area contributed by atoms with Crippen LogP contribution in [0.25, 0.3) is 0 Å². The van der Waals surface area contributed by atoms with Gasteiger partial charge in [0, 0.05) is 26.0 Å². The van der Waals surface area contributed by atoms with Crippen LogP contribution in [0.4, 0.5) is 4.79 Å². The summed E-state index contributed by atoms with van der Waals surface area (Å²) in [6.07, 6.45) is -4.09. The molecule has 2 rings (SSSR count). The normalized spacial score (nSPS) is 22.9. The van der Waals surface area contributed by atoms with E-state index >= 15 is 0 Å². The Hall–Kier alpha value is -2.14. The van der Waals surface area contributed by atoms with E-state index in [1.54, 1.807) is 20.8 Å². The van der Waals surface area contributed by atoms with E-state index < -0.39 is 57.6 Å². The van der Waals surface area contributed by atoms with Gasteiger partial charge in [0.25, 0.3) is 15.7 Å². The average molecular weight is 525 g/mol. The molecule has 0 aliphatic carbocycles. The molecule has 0 unspecified atom stereocenters. The second-order valence-corrected chi connectivity index (χ2v) is 10.4. The van der Waals surface area contributed by atoms with Crippen molar-refractivity contribution in [1.82, 2.24) is 9.13 Å². The molecule has 1 fully saturated rings. The van der Waals surface area contributed by atoms with E-state index in [-0.39, 0.29) is 25.8 Å². The number of carbonyl (C=O) groups is 1. The molecule has 0 spiro atoms. The third-order valence-corrected chi connectivity index (χ3v) is 5.14. The minimum absolute atomic E-state index is 0.00870. The molecule has 0 saturated carbocycles. The molecule has 1 aliphatic heterocycles. The van der Waals surface area contributed by atoms with Crippen molar-refractivity contribution in [2.24, 2.45) is 0 Å². The molecule has 0 amide bonds. The Kier molecular flexibility index (Phi) is 9.75. The summed E-state index contributed by atoms with van der Waals surface area (Å²) in [7, 11) is -1.30. The van der Waals surface area contributed by atoms with Crippen molar-refractivity contribution in [1.29, 1.82) is 0 Å². The SMILES string of the molecule is COCOC[C@H]1O[C@@H](n2cc(C)c(=O)n(C(=O)OC(C)(C)C)c2=O)[C@H](OS(C)(=O)=O)[C@@H]1OCOC. The summed E-state index contributed by atoms with van der Waals surface area (Å²) in [5.74, 6) is 0. The molecule has 200 valence electrons. The lowest BCUT2D eigenvalue weighted by atomic mass is 10.1. The quantitative estimate of drug-likeness (QED) is 0.228. The number of rotatable bonds is 10. The molecule has 1 saturated heterocycles. The summed E-state index contributed by atoms with van der Waals surface area (Å²) >= 11 is 0. The van der Waals surface area contributed by atoms with E-state index in [9.17, 15) is 22.8 Å². The lowest BCUT2D eigenvalue weighted by Crippen LogP contribution is -2.49. The smallest absolute Gasteiger partial charge is 0.425 e. The van der Waals surface area contributed by atoms with E-state index in [2.05, 4.69) is 0 Å². The summed E-state index contributed by atoms with van der Waals surface area (Å²) in [6.45, 7) is 5.62. The number of hydrogen-bond acceptors (Lipinski definition) is 12. The van der Waals surface area contributed by atoms with Crippen LogP contribution in [0, 0.1) is 6.92 Å². The molecule has 2 heterocycles. The van der Waals surface area contributed by atoms with Crippen LogP contribution in [0.3, 0.4) is 0 Å². The van der Waals surface area contributed by atoms with Gasteiger partial charge in [0.2, 0.25) is 0 Å². The molecule has 0 bridgehead atoms. The largest absolute Gasteiger partial charge is 0.443 e. The van der Waals surface area contributed by atoms with Crippen LogP contribution in [0.1, 0.15) is 32.6 Å². The van der Waals surface area contributed by atoms with Gasteiger partial charge < -0.3 is 28.4 Å². The lowest BCUT2D eigenvalue weighted by Gasteiger charge is -2.25. The predicted octanol–water partition coefficient (Wildman–Crippen LogP) is -0.0466. The number of aromatic nitrogens is 2. The Bertz CT molecular complexity index is 1100. The van der Waals surface area contributed by atoms with E-state index in [0.29, 0.717) is 4.57 Å². The fraction of sp³-hybridized carbons (Fsp3) is 0.750. The van der Waals surface area contributed by atoms with Gasteiger partial charge in [-0.25, -0.2) is 9.59 Å². The summed E-state index contributed by atoms with van der Waals surface area (Å²) < 4.78 is 62.4. The maximum Gasteiger partial charge on any atom is 0.425 e. The summed E-state index contributed by atoms with van der Waals surface area (Å²) in [5, 5.41) is 0. The molecule has 0 aromatic carbocycles. The standard InChI is InChI=1S/C20H32N2O12S/c1-12-8-21(18(24)22(16(12)23)19(25)33-20(2,3)4)17-15(34-35(7,26)27)14(31-11-29-6)13(32-17)9-30-10-28-5/h8,13-15,17H,9-11H2,1-7H3/t13-,14-,15-,17-/m1/s1. The third kappa shape index (κ3) is 7.67. The highest BCUT2D eigenvalue weighted by molar-refractivity contribution is 7.86. The van der Waals surface area contributed by atoms with Crippen molar-refractivity contribution < 1.29 is 45.8 Å². The molecule has 4 atom stereocenters. The Morgan fingerprint density at radius 2 is 1.74 bits per heavy atom. The van der Waals surface area contributed by atoms with Crippen molar-refractivity contribution >= 4 is 16.2 Å². The first-order valence-corrected chi connectivity index (χ1v) is 12.3. The molecular formula is C20H32N2O12S. The van der Waals surface area contributed by atoms with E-state index in [1.165, 1.54) is 21.1 Å². The van der Waals surface area contributed by atoms with Crippen molar-refractivity contribution in [2.75, 3.05) is 40.7 Å². The molecule has 14 nitrogen and oxygen atoms in total. The molecule has 0 radical (unpaired) electrons. The molecule has 35 heavy (non-hydrogen) atoms. The highest BCUT2D eigenvalue weighted by atomic mass is 32.2. The maximum absolute atomic E-state index is 13.3. The van der Waals surface area contributed by atoms with E-state index in [0.717, 1.165) is 17.0 Å². The Morgan fingerprint density at radius 1 is 1.11 bits per heavy atom. The Labute approximate surface area is 202 Å². The van der Waals surface area contributed by atoms with Gasteiger partial charge in [-0.15, -0.1) is 0 Å². The van der Waals surface area contributed by atoms with Gasteiger partial charge >= 0.3 is 11.8 Å². The van der Waals surface area contributed by atoms with Crippen LogP contribution in [0.2, 0.25) is 0 Å². The Balaban J connectivity index is 2.62. The number of carbonyl (C=O) groups excluding carboxylic acids is 1. The van der Waals surface area contributed by atoms with Crippen LogP contribution in [-0.2, 0) is 42.7 Å². The minimum Gasteiger partial charge on any atom is -0.443 e. The zero-order valence-corrected chi connectivity index (χ0v) is 21.5. The molecule has 1 aliphatic rings. The predicted molar refractivity (Wildman–Crippen MR) is 120 cm³/mol. The van der Waals surface area contributed by atoms with Crippen LogP contribution < -0.4 is 11.2 Å². The van der Waals surface area contributed by atoms with Crippen LogP contribution in [0.15, 0.2) is 15.8 Å². The average Bonchev–Trinajstić information content (AvgIpc) is 3.03. The van der Waals surface area contributed by atoms with Gasteiger partial charge in [0.1, 0.15) is 31.4 Å². The lowest BCUT2D eigenvalue weighted by molar-refractivity contribution is -0.135. The van der Waals surface area contributed by atoms with Crippen LogP contribution in [-0.4, -0.2) is 88.2 Å². The van der Waals surface area contributed by atoms with Gasteiger partial charge in [-0.1, -0.05) is 0 Å².